The summed E-state index contributed by atoms with van der Waals surface area (Å²) in [7, 11) is -0.518. The number of nitrogens with zero attached hydrogens (tertiary/aromatic N) is 1. The Morgan fingerprint density at radius 2 is 1.96 bits per heavy atom. The van der Waals surface area contributed by atoms with Gasteiger partial charge in [-0.2, -0.15) is 0 Å². The second-order valence-corrected chi connectivity index (χ2v) is 8.57. The molecule has 3 aliphatic rings. The van der Waals surface area contributed by atoms with Crippen molar-refractivity contribution in [3.8, 4) is 5.75 Å². The lowest BCUT2D eigenvalue weighted by Crippen LogP contribution is -2.59. The smallest absolute Gasteiger partial charge is 0.466 e. The SMILES string of the molecule is COc1ccc2c(c1)[C@]13CCCC[C@@H]1[C@H](C2)N(C)CC3.O=P(O)(O)O. The summed E-state index contributed by atoms with van der Waals surface area (Å²) in [5, 5.41) is 0. The van der Waals surface area contributed by atoms with Gasteiger partial charge in [-0.1, -0.05) is 18.9 Å². The lowest BCUT2D eigenvalue weighted by Gasteiger charge is -2.58. The summed E-state index contributed by atoms with van der Waals surface area (Å²) >= 11 is 0. The molecule has 25 heavy (non-hydrogen) atoms. The van der Waals surface area contributed by atoms with Crippen LogP contribution in [0.5, 0.6) is 5.75 Å². The van der Waals surface area contributed by atoms with Gasteiger partial charge in [0.1, 0.15) is 5.75 Å². The molecule has 0 unspecified atom stereocenters. The van der Waals surface area contributed by atoms with Crippen LogP contribution in [0.25, 0.3) is 0 Å². The van der Waals surface area contributed by atoms with E-state index < -0.39 is 7.82 Å². The molecule has 6 nitrogen and oxygen atoms in total. The van der Waals surface area contributed by atoms with Crippen molar-refractivity contribution in [1.29, 1.82) is 0 Å². The molecule has 2 fully saturated rings. The van der Waals surface area contributed by atoms with Gasteiger partial charge in [0.15, 0.2) is 0 Å². The summed E-state index contributed by atoms with van der Waals surface area (Å²) in [6.07, 6.45) is 8.22. The average Bonchev–Trinajstić information content (AvgIpc) is 2.56. The molecule has 0 amide bonds. The topological polar surface area (TPSA) is 90.2 Å². The molecular weight excluding hydrogens is 341 g/mol. The van der Waals surface area contributed by atoms with Gasteiger partial charge < -0.3 is 24.3 Å². The van der Waals surface area contributed by atoms with Crippen LogP contribution in [-0.4, -0.2) is 46.3 Å². The molecule has 2 aliphatic carbocycles. The van der Waals surface area contributed by atoms with Crippen molar-refractivity contribution in [3.05, 3.63) is 29.3 Å². The second-order valence-electron chi connectivity index (χ2n) is 7.55. The number of hydrogen-bond acceptors (Lipinski definition) is 3. The average molecular weight is 369 g/mol. The summed E-state index contributed by atoms with van der Waals surface area (Å²) < 4.78 is 14.4. The number of phosphoric acid groups is 1. The third-order valence-corrected chi connectivity index (χ3v) is 6.32. The van der Waals surface area contributed by atoms with Crippen LogP contribution in [-0.2, 0) is 16.4 Å². The van der Waals surface area contributed by atoms with Crippen molar-refractivity contribution in [2.24, 2.45) is 5.92 Å². The first-order chi connectivity index (χ1) is 11.7. The Balaban J connectivity index is 0.000000324. The molecule has 1 aliphatic heterocycles. The first kappa shape index (κ1) is 18.9. The van der Waals surface area contributed by atoms with E-state index in [4.69, 9.17) is 24.0 Å². The third kappa shape index (κ3) is 3.79. The Morgan fingerprint density at radius 3 is 2.64 bits per heavy atom. The van der Waals surface area contributed by atoms with Crippen molar-refractivity contribution < 1.29 is 24.0 Å². The highest BCUT2D eigenvalue weighted by atomic mass is 31.2. The van der Waals surface area contributed by atoms with Crippen LogP contribution in [0.4, 0.5) is 0 Å². The quantitative estimate of drug-likeness (QED) is 0.659. The van der Waals surface area contributed by atoms with Gasteiger partial charge in [-0.05, 0) is 68.5 Å². The standard InChI is InChI=1S/C18H25NO.H3O4P/c1-19-10-9-18-8-4-3-5-15(18)17(19)11-13-6-7-14(20-2)12-16(13)18;1-5(2,3)4/h6-7,12,15,17H,3-5,8-11H2,1-2H3;(H3,1,2,3,4)/t15-,17+,18+;/m1./s1. The van der Waals surface area contributed by atoms with Crippen molar-refractivity contribution >= 4 is 7.82 Å². The number of fused-ring (bicyclic) bond motifs is 1. The number of rotatable bonds is 1. The highest BCUT2D eigenvalue weighted by Crippen LogP contribution is 2.55. The number of likely N-dealkylation sites (N-methyl/N-ethyl adjacent to an activating group) is 1. The Kier molecular flexibility index (Phi) is 5.29. The third-order valence-electron chi connectivity index (χ3n) is 6.32. The fourth-order valence-corrected chi connectivity index (χ4v) is 5.30. The van der Waals surface area contributed by atoms with Crippen LogP contribution in [0.1, 0.15) is 43.2 Å². The molecule has 2 bridgehead atoms. The van der Waals surface area contributed by atoms with Crippen molar-refractivity contribution in [2.75, 3.05) is 20.7 Å². The predicted octanol–water partition coefficient (Wildman–Crippen LogP) is 2.45. The Morgan fingerprint density at radius 1 is 1.24 bits per heavy atom. The van der Waals surface area contributed by atoms with Crippen molar-refractivity contribution in [2.45, 2.75) is 50.0 Å². The van der Waals surface area contributed by atoms with Gasteiger partial charge >= 0.3 is 7.82 Å². The number of benzene rings is 1. The maximum absolute atomic E-state index is 8.88. The summed E-state index contributed by atoms with van der Waals surface area (Å²) in [5.74, 6) is 1.91. The zero-order valence-electron chi connectivity index (χ0n) is 14.9. The van der Waals surface area contributed by atoms with Gasteiger partial charge in [-0.25, -0.2) is 4.57 Å². The van der Waals surface area contributed by atoms with E-state index in [9.17, 15) is 0 Å². The minimum Gasteiger partial charge on any atom is -0.497 e. The lowest BCUT2D eigenvalue weighted by molar-refractivity contribution is 0.00274. The molecule has 7 heteroatoms. The summed E-state index contributed by atoms with van der Waals surface area (Å²) in [6.45, 7) is 1.26. The van der Waals surface area contributed by atoms with Crippen LogP contribution in [0.2, 0.25) is 0 Å². The van der Waals surface area contributed by atoms with Crippen LogP contribution < -0.4 is 4.74 Å². The lowest BCUT2D eigenvalue weighted by atomic mass is 9.52. The van der Waals surface area contributed by atoms with Crippen molar-refractivity contribution in [3.63, 3.8) is 0 Å². The van der Waals surface area contributed by atoms with E-state index in [0.29, 0.717) is 5.41 Å². The van der Waals surface area contributed by atoms with E-state index in [1.807, 2.05) is 0 Å². The zero-order chi connectivity index (χ0) is 18.2. The Hall–Kier alpha value is -0.910. The highest BCUT2D eigenvalue weighted by molar-refractivity contribution is 7.45. The molecule has 0 spiro atoms. The summed E-state index contributed by atoms with van der Waals surface area (Å²) in [5.41, 5.74) is 3.67. The van der Waals surface area contributed by atoms with Gasteiger partial charge in [-0.15, -0.1) is 0 Å². The summed E-state index contributed by atoms with van der Waals surface area (Å²) in [6, 6.07) is 7.60. The second kappa shape index (κ2) is 7.01. The maximum atomic E-state index is 8.88. The van der Waals surface area contributed by atoms with Gasteiger partial charge in [0.2, 0.25) is 0 Å². The van der Waals surface area contributed by atoms with E-state index >= 15 is 0 Å². The number of methoxy groups -OCH3 is 1. The number of ether oxygens (including phenoxy) is 1. The molecule has 1 aromatic carbocycles. The van der Waals surface area contributed by atoms with Gasteiger partial charge in [0.05, 0.1) is 7.11 Å². The Labute approximate surface area is 149 Å². The molecule has 1 saturated carbocycles. The monoisotopic (exact) mass is 369 g/mol. The largest absolute Gasteiger partial charge is 0.497 e. The predicted molar refractivity (Wildman–Crippen MR) is 95.6 cm³/mol. The van der Waals surface area contributed by atoms with Crippen LogP contribution >= 0.6 is 7.82 Å². The van der Waals surface area contributed by atoms with E-state index in [-0.39, 0.29) is 0 Å². The minimum atomic E-state index is -4.64. The minimum absolute atomic E-state index is 0.456. The molecule has 140 valence electrons. The maximum Gasteiger partial charge on any atom is 0.466 e. The molecule has 0 aromatic heterocycles. The molecule has 0 radical (unpaired) electrons. The van der Waals surface area contributed by atoms with Crippen LogP contribution in [0, 0.1) is 5.92 Å². The molecule has 1 saturated heterocycles. The Bertz CT molecular complexity index is 667. The summed E-state index contributed by atoms with van der Waals surface area (Å²) in [4.78, 5) is 24.2. The normalized spacial score (nSPS) is 31.2. The first-order valence-electron chi connectivity index (χ1n) is 8.90. The number of piperidine rings is 1. The highest BCUT2D eigenvalue weighted by Gasteiger charge is 2.53. The molecule has 3 atom stereocenters. The fourth-order valence-electron chi connectivity index (χ4n) is 5.30. The van der Waals surface area contributed by atoms with E-state index in [2.05, 4.69) is 30.1 Å². The molecule has 3 N–H and O–H groups in total. The van der Waals surface area contributed by atoms with Crippen molar-refractivity contribution in [1.82, 2.24) is 4.90 Å². The van der Waals surface area contributed by atoms with E-state index in [1.54, 1.807) is 18.2 Å². The van der Waals surface area contributed by atoms with E-state index in [1.165, 1.54) is 45.1 Å². The molecule has 4 rings (SSSR count). The number of hydrogen-bond donors (Lipinski definition) is 3. The van der Waals surface area contributed by atoms with Gasteiger partial charge in [0.25, 0.3) is 0 Å². The molecular formula is C18H28NO5P. The molecule has 1 aromatic rings. The van der Waals surface area contributed by atoms with Crippen LogP contribution in [0.15, 0.2) is 18.2 Å². The van der Waals surface area contributed by atoms with Gasteiger partial charge in [0, 0.05) is 11.5 Å². The zero-order valence-corrected chi connectivity index (χ0v) is 15.8. The van der Waals surface area contributed by atoms with E-state index in [0.717, 1.165) is 17.7 Å². The van der Waals surface area contributed by atoms with Crippen LogP contribution in [0.3, 0.4) is 0 Å². The first-order valence-corrected chi connectivity index (χ1v) is 10.5. The molecule has 1 heterocycles. The fraction of sp³-hybridized carbons (Fsp3) is 0.667. The number of likely N-dealkylation sites (tertiary alicyclic amines) is 1. The van der Waals surface area contributed by atoms with Gasteiger partial charge in [-0.3, -0.25) is 0 Å².